The summed E-state index contributed by atoms with van der Waals surface area (Å²) in [4.78, 5) is 0. The van der Waals surface area contributed by atoms with Gasteiger partial charge in [-0.15, -0.1) is 0 Å². The van der Waals surface area contributed by atoms with Gasteiger partial charge >= 0.3 is 6.18 Å². The molecule has 100 valence electrons. The Kier molecular flexibility index (Phi) is 3.90. The number of rotatable bonds is 2. The Balaban J connectivity index is 2.09. The van der Waals surface area contributed by atoms with Crippen LogP contribution in [-0.2, 0) is 12.6 Å². The summed E-state index contributed by atoms with van der Waals surface area (Å²) in [6.45, 7) is 0.896. The maximum atomic E-state index is 13.6. The molecule has 0 amide bonds. The van der Waals surface area contributed by atoms with Crippen LogP contribution in [0.2, 0.25) is 0 Å². The molecule has 1 saturated heterocycles. The highest BCUT2D eigenvalue weighted by molar-refractivity contribution is 5.27. The van der Waals surface area contributed by atoms with Gasteiger partial charge in [-0.3, -0.25) is 0 Å². The minimum Gasteiger partial charge on any atom is -0.314 e. The highest BCUT2D eigenvalue weighted by Gasteiger charge is 2.31. The smallest absolute Gasteiger partial charge is 0.314 e. The van der Waals surface area contributed by atoms with E-state index in [4.69, 9.17) is 0 Å². The zero-order valence-corrected chi connectivity index (χ0v) is 9.86. The van der Waals surface area contributed by atoms with Crippen molar-refractivity contribution in [3.8, 4) is 0 Å². The molecule has 1 heterocycles. The number of alkyl halides is 3. The minimum atomic E-state index is -4.48. The molecule has 1 unspecified atom stereocenters. The highest BCUT2D eigenvalue weighted by atomic mass is 19.4. The van der Waals surface area contributed by atoms with Gasteiger partial charge in [-0.1, -0.05) is 12.5 Å². The summed E-state index contributed by atoms with van der Waals surface area (Å²) < 4.78 is 50.7. The average Bonchev–Trinajstić information content (AvgIpc) is 2.32. The molecule has 1 aliphatic heterocycles. The van der Waals surface area contributed by atoms with Crippen LogP contribution in [0.3, 0.4) is 0 Å². The second kappa shape index (κ2) is 5.26. The molecule has 1 N–H and O–H groups in total. The molecule has 0 radical (unpaired) electrons. The van der Waals surface area contributed by atoms with Gasteiger partial charge < -0.3 is 5.32 Å². The number of hydrogen-bond donors (Lipinski definition) is 1. The summed E-state index contributed by atoms with van der Waals surface area (Å²) in [6.07, 6.45) is -0.904. The van der Waals surface area contributed by atoms with E-state index in [0.717, 1.165) is 31.9 Å². The SMILES string of the molecule is Fc1cc(C(F)(F)F)ccc1CC1CCCCN1. The molecule has 1 fully saturated rings. The van der Waals surface area contributed by atoms with Crippen molar-refractivity contribution in [1.29, 1.82) is 0 Å². The number of hydrogen-bond acceptors (Lipinski definition) is 1. The van der Waals surface area contributed by atoms with Gasteiger partial charge in [-0.05, 0) is 43.5 Å². The molecule has 0 bridgehead atoms. The van der Waals surface area contributed by atoms with Crippen LogP contribution in [0, 0.1) is 5.82 Å². The van der Waals surface area contributed by atoms with Crippen molar-refractivity contribution < 1.29 is 17.6 Å². The van der Waals surface area contributed by atoms with E-state index < -0.39 is 17.6 Å². The van der Waals surface area contributed by atoms with E-state index in [0.29, 0.717) is 18.1 Å². The quantitative estimate of drug-likeness (QED) is 0.803. The molecule has 0 spiro atoms. The molecule has 1 aliphatic rings. The van der Waals surface area contributed by atoms with E-state index in [1.165, 1.54) is 6.07 Å². The van der Waals surface area contributed by atoms with Crippen LogP contribution in [0.15, 0.2) is 18.2 Å². The Bertz CT molecular complexity index is 408. The van der Waals surface area contributed by atoms with Crippen molar-refractivity contribution in [3.63, 3.8) is 0 Å². The summed E-state index contributed by atoms with van der Waals surface area (Å²) in [7, 11) is 0. The predicted octanol–water partition coefficient (Wildman–Crippen LogP) is 3.53. The number of benzene rings is 1. The third kappa shape index (κ3) is 3.22. The third-order valence-electron chi connectivity index (χ3n) is 3.26. The lowest BCUT2D eigenvalue weighted by molar-refractivity contribution is -0.137. The Labute approximate surface area is 103 Å². The second-order valence-electron chi connectivity index (χ2n) is 4.65. The Morgan fingerprint density at radius 3 is 2.56 bits per heavy atom. The standard InChI is InChI=1S/C13H15F4N/c14-12-8-10(13(15,16)17)5-4-9(12)7-11-3-1-2-6-18-11/h4-5,8,11,18H,1-3,6-7H2. The molecule has 0 aromatic heterocycles. The Morgan fingerprint density at radius 2 is 2.00 bits per heavy atom. The first kappa shape index (κ1) is 13.3. The van der Waals surface area contributed by atoms with Gasteiger partial charge in [0, 0.05) is 6.04 Å². The van der Waals surface area contributed by atoms with E-state index in [1.807, 2.05) is 0 Å². The molecular formula is C13H15F4N. The lowest BCUT2D eigenvalue weighted by atomic mass is 9.97. The summed E-state index contributed by atoms with van der Waals surface area (Å²) in [5.74, 6) is -0.766. The van der Waals surface area contributed by atoms with Crippen LogP contribution < -0.4 is 5.32 Å². The van der Waals surface area contributed by atoms with E-state index >= 15 is 0 Å². The van der Waals surface area contributed by atoms with Crippen molar-refractivity contribution in [2.75, 3.05) is 6.54 Å². The molecule has 0 saturated carbocycles. The maximum Gasteiger partial charge on any atom is 0.416 e. The molecule has 1 aromatic rings. The number of piperidine rings is 1. The van der Waals surface area contributed by atoms with Gasteiger partial charge in [0.1, 0.15) is 5.82 Å². The molecule has 18 heavy (non-hydrogen) atoms. The summed E-state index contributed by atoms with van der Waals surface area (Å²) in [5, 5.41) is 3.25. The zero-order valence-electron chi connectivity index (χ0n) is 9.86. The normalized spacial score (nSPS) is 21.0. The topological polar surface area (TPSA) is 12.0 Å². The number of nitrogens with one attached hydrogen (secondary N) is 1. The summed E-state index contributed by atoms with van der Waals surface area (Å²) >= 11 is 0. The van der Waals surface area contributed by atoms with Crippen LogP contribution in [0.4, 0.5) is 17.6 Å². The van der Waals surface area contributed by atoms with Crippen LogP contribution >= 0.6 is 0 Å². The van der Waals surface area contributed by atoms with Crippen molar-refractivity contribution in [2.24, 2.45) is 0 Å². The molecule has 2 rings (SSSR count). The van der Waals surface area contributed by atoms with Crippen LogP contribution in [0.25, 0.3) is 0 Å². The molecule has 1 atom stereocenters. The largest absolute Gasteiger partial charge is 0.416 e. The first-order valence-corrected chi connectivity index (χ1v) is 6.06. The van der Waals surface area contributed by atoms with Gasteiger partial charge in [0.25, 0.3) is 0 Å². The first-order chi connectivity index (χ1) is 8.47. The molecule has 1 aromatic carbocycles. The van der Waals surface area contributed by atoms with E-state index in [2.05, 4.69) is 5.32 Å². The maximum absolute atomic E-state index is 13.6. The van der Waals surface area contributed by atoms with Crippen molar-refractivity contribution >= 4 is 0 Å². The minimum absolute atomic E-state index is 0.171. The molecule has 5 heteroatoms. The zero-order chi connectivity index (χ0) is 13.2. The fraction of sp³-hybridized carbons (Fsp3) is 0.538. The van der Waals surface area contributed by atoms with Gasteiger partial charge in [-0.25, -0.2) is 4.39 Å². The van der Waals surface area contributed by atoms with Crippen LogP contribution in [0.5, 0.6) is 0 Å². The first-order valence-electron chi connectivity index (χ1n) is 6.06. The van der Waals surface area contributed by atoms with Gasteiger partial charge in [0.2, 0.25) is 0 Å². The average molecular weight is 261 g/mol. The van der Waals surface area contributed by atoms with Crippen molar-refractivity contribution in [1.82, 2.24) is 5.32 Å². The lowest BCUT2D eigenvalue weighted by Crippen LogP contribution is -2.35. The van der Waals surface area contributed by atoms with Gasteiger partial charge in [-0.2, -0.15) is 13.2 Å². The van der Waals surface area contributed by atoms with E-state index in [-0.39, 0.29) is 6.04 Å². The second-order valence-corrected chi connectivity index (χ2v) is 4.65. The fourth-order valence-electron chi connectivity index (χ4n) is 2.25. The fourth-order valence-corrected chi connectivity index (χ4v) is 2.25. The van der Waals surface area contributed by atoms with Crippen molar-refractivity contribution in [3.05, 3.63) is 35.1 Å². The van der Waals surface area contributed by atoms with Gasteiger partial charge in [0.05, 0.1) is 5.56 Å². The van der Waals surface area contributed by atoms with Crippen LogP contribution in [-0.4, -0.2) is 12.6 Å². The lowest BCUT2D eigenvalue weighted by Gasteiger charge is -2.23. The number of halogens is 4. The van der Waals surface area contributed by atoms with E-state index in [9.17, 15) is 17.6 Å². The Hall–Kier alpha value is -1.10. The highest BCUT2D eigenvalue weighted by Crippen LogP contribution is 2.30. The van der Waals surface area contributed by atoms with Crippen LogP contribution in [0.1, 0.15) is 30.4 Å². The predicted molar refractivity (Wildman–Crippen MR) is 60.7 cm³/mol. The van der Waals surface area contributed by atoms with E-state index in [1.54, 1.807) is 0 Å². The van der Waals surface area contributed by atoms with Gasteiger partial charge in [0.15, 0.2) is 0 Å². The molecule has 0 aliphatic carbocycles. The third-order valence-corrected chi connectivity index (χ3v) is 3.26. The summed E-state index contributed by atoms with van der Waals surface area (Å²) in [5.41, 5.74) is -0.581. The molecular weight excluding hydrogens is 246 g/mol. The monoisotopic (exact) mass is 261 g/mol. The summed E-state index contributed by atoms with van der Waals surface area (Å²) in [6, 6.07) is 2.94. The van der Waals surface area contributed by atoms with Crippen molar-refractivity contribution in [2.45, 2.75) is 37.9 Å². The Morgan fingerprint density at radius 1 is 1.22 bits per heavy atom. The molecule has 1 nitrogen and oxygen atoms in total.